The Hall–Kier alpha value is -3.36. The first-order chi connectivity index (χ1) is 17.4. The Morgan fingerprint density at radius 2 is 1.92 bits per heavy atom. The Bertz CT molecular complexity index is 1460. The van der Waals surface area contributed by atoms with Gasteiger partial charge in [0, 0.05) is 23.9 Å². The van der Waals surface area contributed by atoms with Gasteiger partial charge >= 0.3 is 0 Å². The van der Waals surface area contributed by atoms with Gasteiger partial charge in [-0.1, -0.05) is 29.8 Å². The van der Waals surface area contributed by atoms with Gasteiger partial charge in [-0.05, 0) is 63.2 Å². The van der Waals surface area contributed by atoms with Crippen LogP contribution in [0.25, 0.3) is 10.9 Å². The number of hydrogen-bond donors (Lipinski definition) is 1. The molecule has 7 nitrogen and oxygen atoms in total. The fourth-order valence-corrected chi connectivity index (χ4v) is 5.53. The molecular weight excluding hydrogens is 472 g/mol. The number of benzene rings is 2. The van der Waals surface area contributed by atoms with Crippen LogP contribution in [0.5, 0.6) is 11.6 Å². The summed E-state index contributed by atoms with van der Waals surface area (Å²) in [6.07, 6.45) is 7.61. The minimum atomic E-state index is -0.0425. The largest absolute Gasteiger partial charge is 0.439 e. The van der Waals surface area contributed by atoms with E-state index in [9.17, 15) is 0 Å². The van der Waals surface area contributed by atoms with Crippen LogP contribution in [0.15, 0.2) is 88.4 Å². The van der Waals surface area contributed by atoms with E-state index < -0.39 is 0 Å². The zero-order valence-electron chi connectivity index (χ0n) is 20.3. The normalized spacial score (nSPS) is 24.8. The minimum Gasteiger partial charge on any atom is -0.439 e. The third-order valence-electron chi connectivity index (χ3n) is 7.03. The zero-order valence-corrected chi connectivity index (χ0v) is 21.1. The molecule has 1 aliphatic carbocycles. The summed E-state index contributed by atoms with van der Waals surface area (Å²) in [7, 11) is 4.24. The first-order valence-corrected chi connectivity index (χ1v) is 12.5. The van der Waals surface area contributed by atoms with E-state index in [1.165, 1.54) is 0 Å². The van der Waals surface area contributed by atoms with Gasteiger partial charge in [-0.15, -0.1) is 4.59 Å². The SMILES string of the molecule is CN(C)CC1CC(C2=C3C=NC=C[N+]3(N)C(c3cc4nc(Oc5ccccc5)ccc4cc3Cl)=N2)C1. The molecule has 1 aromatic heterocycles. The van der Waals surface area contributed by atoms with Crippen LogP contribution in [-0.4, -0.2) is 47.2 Å². The second kappa shape index (κ2) is 8.94. The predicted molar refractivity (Wildman–Crippen MR) is 144 cm³/mol. The topological polar surface area (TPSA) is 76.1 Å². The Kier molecular flexibility index (Phi) is 5.73. The number of aromatic nitrogens is 1. The fourth-order valence-electron chi connectivity index (χ4n) is 5.27. The maximum absolute atomic E-state index is 6.97. The lowest BCUT2D eigenvalue weighted by Gasteiger charge is -2.36. The molecule has 0 amide bonds. The second-order valence-electron chi connectivity index (χ2n) is 9.95. The van der Waals surface area contributed by atoms with Crippen LogP contribution >= 0.6 is 11.6 Å². The average molecular weight is 500 g/mol. The van der Waals surface area contributed by atoms with E-state index in [2.05, 4.69) is 24.0 Å². The first kappa shape index (κ1) is 23.1. The van der Waals surface area contributed by atoms with Crippen LogP contribution in [-0.2, 0) is 0 Å². The van der Waals surface area contributed by atoms with E-state index in [-0.39, 0.29) is 4.59 Å². The summed E-state index contributed by atoms with van der Waals surface area (Å²) in [6.45, 7) is 1.09. The average Bonchev–Trinajstić information content (AvgIpc) is 3.14. The number of nitrogens with zero attached hydrogens (tertiary/aromatic N) is 5. The first-order valence-electron chi connectivity index (χ1n) is 12.1. The molecule has 0 spiro atoms. The van der Waals surface area contributed by atoms with E-state index in [1.54, 1.807) is 6.20 Å². The number of hydrogen-bond acceptors (Lipinski definition) is 6. The Labute approximate surface area is 215 Å². The Morgan fingerprint density at radius 1 is 1.11 bits per heavy atom. The molecule has 1 saturated carbocycles. The van der Waals surface area contributed by atoms with Gasteiger partial charge in [-0.25, -0.2) is 4.98 Å². The third kappa shape index (κ3) is 4.04. The molecule has 0 saturated heterocycles. The van der Waals surface area contributed by atoms with Crippen LogP contribution in [0.4, 0.5) is 0 Å². The number of amidine groups is 1. The minimum absolute atomic E-state index is 0.0425. The fraction of sp³-hybridized carbons (Fsp3) is 0.250. The molecule has 6 rings (SSSR count). The van der Waals surface area contributed by atoms with Crippen molar-refractivity contribution in [1.82, 2.24) is 9.88 Å². The molecule has 3 aromatic rings. The van der Waals surface area contributed by atoms with Crippen molar-refractivity contribution in [3.05, 3.63) is 89.0 Å². The number of fused-ring (bicyclic) bond motifs is 2. The van der Waals surface area contributed by atoms with Gasteiger partial charge in [0.15, 0.2) is 0 Å². The zero-order chi connectivity index (χ0) is 24.9. The lowest BCUT2D eigenvalue weighted by Crippen LogP contribution is -2.53. The number of allylic oxidation sites excluding steroid dienone is 2. The van der Waals surface area contributed by atoms with E-state index in [0.717, 1.165) is 53.0 Å². The van der Waals surface area contributed by atoms with Gasteiger partial charge in [-0.3, -0.25) is 4.99 Å². The van der Waals surface area contributed by atoms with Gasteiger partial charge in [0.05, 0.1) is 28.5 Å². The smallest absolute Gasteiger partial charge is 0.266 e. The van der Waals surface area contributed by atoms with Gasteiger partial charge < -0.3 is 9.64 Å². The summed E-state index contributed by atoms with van der Waals surface area (Å²) in [6, 6.07) is 17.3. The highest BCUT2D eigenvalue weighted by molar-refractivity contribution is 6.34. The number of ether oxygens (including phenoxy) is 1. The molecule has 2 aliphatic heterocycles. The summed E-state index contributed by atoms with van der Waals surface area (Å²) in [5, 5.41) is 1.50. The molecule has 36 heavy (non-hydrogen) atoms. The van der Waals surface area contributed by atoms with Crippen LogP contribution in [0.2, 0.25) is 5.02 Å². The molecule has 1 fully saturated rings. The van der Waals surface area contributed by atoms with Crippen LogP contribution in [0.1, 0.15) is 18.4 Å². The maximum atomic E-state index is 6.97. The van der Waals surface area contributed by atoms with Crippen molar-refractivity contribution in [3.63, 3.8) is 0 Å². The van der Waals surface area contributed by atoms with Crippen LogP contribution < -0.4 is 10.6 Å². The van der Waals surface area contributed by atoms with Crippen molar-refractivity contribution in [2.75, 3.05) is 20.6 Å². The number of halogens is 1. The van der Waals surface area contributed by atoms with Crippen molar-refractivity contribution in [2.45, 2.75) is 12.8 Å². The van der Waals surface area contributed by atoms with E-state index in [4.69, 9.17) is 32.2 Å². The molecule has 0 bridgehead atoms. The van der Waals surface area contributed by atoms with Gasteiger partial charge in [-0.2, -0.15) is 10.8 Å². The Morgan fingerprint density at radius 3 is 2.69 bits per heavy atom. The highest BCUT2D eigenvalue weighted by Gasteiger charge is 2.48. The number of aliphatic imine (C=N–C) groups is 2. The molecule has 182 valence electrons. The summed E-state index contributed by atoms with van der Waals surface area (Å²) >= 11 is 6.81. The van der Waals surface area contributed by atoms with Gasteiger partial charge in [0.2, 0.25) is 11.6 Å². The molecule has 1 unspecified atom stereocenters. The van der Waals surface area contributed by atoms with Crippen LogP contribution in [0, 0.1) is 11.8 Å². The molecule has 2 aromatic carbocycles. The number of quaternary nitrogens is 1. The Balaban J connectivity index is 1.36. The molecular formula is C28H28ClN6O+. The van der Waals surface area contributed by atoms with E-state index >= 15 is 0 Å². The summed E-state index contributed by atoms with van der Waals surface area (Å²) in [5.74, 6) is 9.93. The van der Waals surface area contributed by atoms with Crippen molar-refractivity contribution >= 4 is 34.6 Å². The molecule has 0 radical (unpaired) electrons. The van der Waals surface area contributed by atoms with Gasteiger partial charge in [0.25, 0.3) is 5.84 Å². The third-order valence-corrected chi connectivity index (χ3v) is 7.34. The summed E-state index contributed by atoms with van der Waals surface area (Å²) in [4.78, 5) is 16.5. The molecule has 8 heteroatoms. The molecule has 3 heterocycles. The molecule has 1 atom stereocenters. The van der Waals surface area contributed by atoms with Crippen molar-refractivity contribution in [1.29, 1.82) is 0 Å². The summed E-state index contributed by atoms with van der Waals surface area (Å²) < 4.78 is 5.91. The quantitative estimate of drug-likeness (QED) is 0.359. The standard InChI is InChI=1S/C28H28ClN6O/c1-34(2)17-18-12-20(13-18)27-25-16-31-10-11-35(25,30)28(33-27)22-15-24-19(14-23(22)29)8-9-26(32-24)36-21-6-4-3-5-7-21/h3-11,14-16,18,20H,12-13,17,30H2,1-2H3/q+1. The molecule has 2 N–H and O–H groups in total. The van der Waals surface area contributed by atoms with Gasteiger partial charge in [0.1, 0.15) is 17.6 Å². The number of pyridine rings is 1. The van der Waals surface area contributed by atoms with Crippen molar-refractivity contribution in [3.8, 4) is 11.6 Å². The van der Waals surface area contributed by atoms with Crippen molar-refractivity contribution < 1.29 is 9.33 Å². The predicted octanol–water partition coefficient (Wildman–Crippen LogP) is 5.49. The lowest BCUT2D eigenvalue weighted by atomic mass is 9.72. The lowest BCUT2D eigenvalue weighted by molar-refractivity contribution is -0.750. The van der Waals surface area contributed by atoms with Crippen LogP contribution in [0.3, 0.4) is 0 Å². The highest BCUT2D eigenvalue weighted by Crippen LogP contribution is 2.45. The highest BCUT2D eigenvalue weighted by atomic mass is 35.5. The maximum Gasteiger partial charge on any atom is 0.266 e. The second-order valence-corrected chi connectivity index (χ2v) is 10.4. The molecule has 3 aliphatic rings. The monoisotopic (exact) mass is 499 g/mol. The number of nitrogens with two attached hydrogens (primary N) is 1. The van der Waals surface area contributed by atoms with Crippen molar-refractivity contribution in [2.24, 2.45) is 27.7 Å². The number of para-hydroxylation sites is 1. The van der Waals surface area contributed by atoms with E-state index in [1.807, 2.05) is 67.0 Å². The number of rotatable bonds is 6. The summed E-state index contributed by atoms with van der Waals surface area (Å²) in [5.41, 5.74) is 3.44. The van der Waals surface area contributed by atoms with E-state index in [0.29, 0.717) is 28.6 Å².